The van der Waals surface area contributed by atoms with Crippen LogP contribution >= 0.6 is 0 Å². The maximum atomic E-state index is 9.40. The van der Waals surface area contributed by atoms with Crippen LogP contribution in [0.5, 0.6) is 0 Å². The van der Waals surface area contributed by atoms with Crippen molar-refractivity contribution < 1.29 is 10.2 Å². The molecule has 0 fully saturated rings. The molecule has 2 aromatic rings. The van der Waals surface area contributed by atoms with E-state index in [0.29, 0.717) is 6.54 Å². The normalized spacial score (nSPS) is 13.9. The zero-order valence-electron chi connectivity index (χ0n) is 11.5. The lowest BCUT2D eigenvalue weighted by molar-refractivity contribution is 0.0878. The minimum absolute atomic E-state index is 0.138. The van der Waals surface area contributed by atoms with Gasteiger partial charge in [-0.2, -0.15) is 0 Å². The van der Waals surface area contributed by atoms with Crippen molar-refractivity contribution in [3.05, 3.63) is 36.0 Å². The Morgan fingerprint density at radius 1 is 1.32 bits per heavy atom. The molecule has 2 rings (SSSR count). The number of para-hydroxylation sites is 1. The molecule has 4 heteroatoms. The monoisotopic (exact) mass is 262 g/mol. The fourth-order valence-corrected chi connectivity index (χ4v) is 2.28. The van der Waals surface area contributed by atoms with Gasteiger partial charge < -0.3 is 20.5 Å². The number of rotatable bonds is 6. The molecule has 1 heterocycles. The first-order valence-electron chi connectivity index (χ1n) is 6.61. The summed E-state index contributed by atoms with van der Waals surface area (Å²) < 4.78 is 0. The molecule has 0 aliphatic heterocycles. The van der Waals surface area contributed by atoms with Crippen LogP contribution in [0.15, 0.2) is 30.5 Å². The van der Waals surface area contributed by atoms with E-state index in [9.17, 15) is 5.11 Å². The number of β-amino-alcohol motifs (C(OH)–C–C–N with tert-alkyl or cyclic N) is 1. The Labute approximate surface area is 113 Å². The van der Waals surface area contributed by atoms with Gasteiger partial charge in [-0.15, -0.1) is 0 Å². The third-order valence-corrected chi connectivity index (χ3v) is 3.33. The van der Waals surface area contributed by atoms with Gasteiger partial charge in [-0.25, -0.2) is 0 Å². The molecular formula is C15H22N2O2. The van der Waals surface area contributed by atoms with Gasteiger partial charge in [-0.1, -0.05) is 18.2 Å². The Balaban J connectivity index is 2.07. The molecule has 0 bridgehead atoms. The average molecular weight is 262 g/mol. The molecule has 0 aliphatic carbocycles. The fourth-order valence-electron chi connectivity index (χ4n) is 2.28. The van der Waals surface area contributed by atoms with E-state index in [2.05, 4.69) is 36.3 Å². The number of hydrogen-bond donors (Lipinski definition) is 4. The van der Waals surface area contributed by atoms with Gasteiger partial charge in [0.2, 0.25) is 0 Å². The summed E-state index contributed by atoms with van der Waals surface area (Å²) in [5, 5.41) is 22.8. The van der Waals surface area contributed by atoms with Crippen LogP contribution in [0.4, 0.5) is 0 Å². The number of aromatic amines is 1. The zero-order chi connectivity index (χ0) is 13.9. The minimum atomic E-state index is -0.706. The molecule has 0 radical (unpaired) electrons. The molecule has 104 valence electrons. The quantitative estimate of drug-likeness (QED) is 0.636. The number of H-pyrrole nitrogens is 1. The van der Waals surface area contributed by atoms with Crippen molar-refractivity contribution in [1.29, 1.82) is 0 Å². The maximum Gasteiger partial charge on any atom is 0.0895 e. The summed E-state index contributed by atoms with van der Waals surface area (Å²) in [4.78, 5) is 3.27. The van der Waals surface area contributed by atoms with Crippen LogP contribution in [-0.2, 0) is 6.42 Å². The minimum Gasteiger partial charge on any atom is -0.394 e. The molecule has 4 nitrogen and oxygen atoms in total. The van der Waals surface area contributed by atoms with E-state index in [-0.39, 0.29) is 12.1 Å². The Hall–Kier alpha value is -1.36. The third-order valence-electron chi connectivity index (χ3n) is 3.33. The highest BCUT2D eigenvalue weighted by atomic mass is 16.3. The highest BCUT2D eigenvalue weighted by Gasteiger charge is 2.20. The van der Waals surface area contributed by atoms with Crippen molar-refractivity contribution >= 4 is 10.9 Å². The van der Waals surface area contributed by atoms with Crippen molar-refractivity contribution in [2.45, 2.75) is 31.9 Å². The first kappa shape index (κ1) is 14.1. The maximum absolute atomic E-state index is 9.40. The summed E-state index contributed by atoms with van der Waals surface area (Å²) in [5.74, 6) is 0. The molecule has 0 saturated carbocycles. The van der Waals surface area contributed by atoms with Crippen molar-refractivity contribution in [2.75, 3.05) is 13.2 Å². The van der Waals surface area contributed by atoms with Crippen LogP contribution in [0.3, 0.4) is 0 Å². The van der Waals surface area contributed by atoms with Gasteiger partial charge in [-0.05, 0) is 31.9 Å². The molecule has 0 amide bonds. The van der Waals surface area contributed by atoms with Gasteiger partial charge in [0.1, 0.15) is 0 Å². The smallest absolute Gasteiger partial charge is 0.0895 e. The first-order valence-corrected chi connectivity index (χ1v) is 6.61. The largest absolute Gasteiger partial charge is 0.394 e. The second-order valence-electron chi connectivity index (χ2n) is 5.64. The van der Waals surface area contributed by atoms with Gasteiger partial charge in [0, 0.05) is 29.2 Å². The summed E-state index contributed by atoms with van der Waals surface area (Å²) in [5.41, 5.74) is 2.26. The van der Waals surface area contributed by atoms with Crippen molar-refractivity contribution in [3.8, 4) is 0 Å². The second kappa shape index (κ2) is 5.74. The Kier molecular flexibility index (Phi) is 4.24. The summed E-state index contributed by atoms with van der Waals surface area (Å²) >= 11 is 0. The summed E-state index contributed by atoms with van der Waals surface area (Å²) in [6.07, 6.45) is 2.19. The van der Waals surface area contributed by atoms with Crippen LogP contribution in [0.1, 0.15) is 19.4 Å². The molecular weight excluding hydrogens is 240 g/mol. The number of aliphatic hydroxyl groups excluding tert-OH is 2. The number of fused-ring (bicyclic) bond motifs is 1. The zero-order valence-corrected chi connectivity index (χ0v) is 11.5. The lowest BCUT2D eigenvalue weighted by Crippen LogP contribution is -2.45. The third kappa shape index (κ3) is 3.56. The van der Waals surface area contributed by atoms with E-state index in [4.69, 9.17) is 5.11 Å². The molecule has 1 aromatic carbocycles. The number of aromatic nitrogens is 1. The van der Waals surface area contributed by atoms with Gasteiger partial charge in [0.25, 0.3) is 0 Å². The average Bonchev–Trinajstić information content (AvgIpc) is 2.79. The number of nitrogens with one attached hydrogen (secondary N) is 2. The van der Waals surface area contributed by atoms with E-state index >= 15 is 0 Å². The van der Waals surface area contributed by atoms with Crippen LogP contribution in [0, 0.1) is 0 Å². The van der Waals surface area contributed by atoms with E-state index in [0.717, 1.165) is 11.9 Å². The predicted octanol–water partition coefficient (Wildman–Crippen LogP) is 1.43. The highest BCUT2D eigenvalue weighted by Crippen LogP contribution is 2.22. The van der Waals surface area contributed by atoms with Gasteiger partial charge >= 0.3 is 0 Å². The molecule has 1 aromatic heterocycles. The number of hydrogen-bond acceptors (Lipinski definition) is 3. The van der Waals surface area contributed by atoms with Crippen LogP contribution in [0.25, 0.3) is 10.9 Å². The van der Waals surface area contributed by atoms with E-state index < -0.39 is 6.10 Å². The Morgan fingerprint density at radius 2 is 2.05 bits per heavy atom. The van der Waals surface area contributed by atoms with Gasteiger partial charge in [0.15, 0.2) is 0 Å². The van der Waals surface area contributed by atoms with Gasteiger partial charge in [-0.3, -0.25) is 0 Å². The Morgan fingerprint density at radius 3 is 2.79 bits per heavy atom. The molecule has 0 spiro atoms. The topological polar surface area (TPSA) is 68.3 Å². The molecule has 0 saturated heterocycles. The summed E-state index contributed by atoms with van der Waals surface area (Å²) in [6.45, 7) is 4.37. The van der Waals surface area contributed by atoms with Crippen LogP contribution < -0.4 is 5.32 Å². The van der Waals surface area contributed by atoms with Crippen molar-refractivity contribution in [1.82, 2.24) is 10.3 Å². The molecule has 4 N–H and O–H groups in total. The molecule has 1 atom stereocenters. The fraction of sp³-hybridized carbons (Fsp3) is 0.467. The van der Waals surface area contributed by atoms with Crippen LogP contribution in [-0.4, -0.2) is 40.0 Å². The van der Waals surface area contributed by atoms with E-state index in [1.807, 2.05) is 18.3 Å². The summed E-state index contributed by atoms with van der Waals surface area (Å²) in [7, 11) is 0. The molecule has 0 aliphatic rings. The predicted molar refractivity (Wildman–Crippen MR) is 77.2 cm³/mol. The first-order chi connectivity index (χ1) is 9.02. The van der Waals surface area contributed by atoms with E-state index in [1.165, 1.54) is 10.9 Å². The van der Waals surface area contributed by atoms with E-state index in [1.54, 1.807) is 0 Å². The lowest BCUT2D eigenvalue weighted by atomic mass is 9.94. The van der Waals surface area contributed by atoms with Crippen molar-refractivity contribution in [3.63, 3.8) is 0 Å². The van der Waals surface area contributed by atoms with Crippen molar-refractivity contribution in [2.24, 2.45) is 0 Å². The standard InChI is InChI=1S/C15H22N2O2/c1-15(2,17-9-12(19)10-18)7-11-8-16-14-6-4-3-5-13(11)14/h3-6,8,12,16-19H,7,9-10H2,1-2H3/t12-/m0/s1. The summed E-state index contributed by atoms with van der Waals surface area (Å²) in [6, 6.07) is 8.23. The van der Waals surface area contributed by atoms with Crippen LogP contribution in [0.2, 0.25) is 0 Å². The second-order valence-corrected chi connectivity index (χ2v) is 5.64. The lowest BCUT2D eigenvalue weighted by Gasteiger charge is -2.27. The number of benzene rings is 1. The van der Waals surface area contributed by atoms with Gasteiger partial charge in [0.05, 0.1) is 12.7 Å². The highest BCUT2D eigenvalue weighted by molar-refractivity contribution is 5.83. The Bertz CT molecular complexity index is 534. The molecule has 19 heavy (non-hydrogen) atoms. The SMILES string of the molecule is CC(C)(Cc1c[nH]c2ccccc12)NC[C@H](O)CO. The number of aliphatic hydroxyl groups is 2. The molecule has 0 unspecified atom stereocenters.